The highest BCUT2D eigenvalue weighted by Gasteiger charge is 2.14. The van der Waals surface area contributed by atoms with E-state index in [0.29, 0.717) is 45.2 Å². The summed E-state index contributed by atoms with van der Waals surface area (Å²) in [7, 11) is 4.59. The Bertz CT molecular complexity index is 1150. The smallest absolute Gasteiger partial charge is 0.275 e. The third-order valence-electron chi connectivity index (χ3n) is 4.58. The minimum absolute atomic E-state index is 0.339. The normalized spacial score (nSPS) is 10.7. The molecule has 0 saturated carbocycles. The quantitative estimate of drug-likeness (QED) is 0.265. The average Bonchev–Trinajstić information content (AvgIpc) is 2.83. The molecule has 1 amide bonds. The van der Waals surface area contributed by atoms with Gasteiger partial charge in [0.2, 0.25) is 0 Å². The van der Waals surface area contributed by atoms with Crippen LogP contribution in [0.2, 0.25) is 0 Å². The van der Waals surface area contributed by atoms with Gasteiger partial charge in [-0.1, -0.05) is 28.1 Å². The van der Waals surface area contributed by atoms with E-state index >= 15 is 0 Å². The van der Waals surface area contributed by atoms with Crippen molar-refractivity contribution in [1.29, 1.82) is 0 Å². The molecule has 3 aromatic rings. The lowest BCUT2D eigenvalue weighted by Crippen LogP contribution is -2.18. The minimum atomic E-state index is -0.411. The molecule has 9 heteroatoms. The van der Waals surface area contributed by atoms with Crippen LogP contribution < -0.4 is 24.4 Å². The van der Waals surface area contributed by atoms with Crippen molar-refractivity contribution in [3.8, 4) is 23.0 Å². The molecule has 33 heavy (non-hydrogen) atoms. The number of nitrogens with one attached hydrogen (secondary N) is 1. The van der Waals surface area contributed by atoms with Crippen LogP contribution in [0.4, 0.5) is 0 Å². The van der Waals surface area contributed by atoms with Crippen molar-refractivity contribution in [2.24, 2.45) is 5.10 Å². The number of methoxy groups -OCH3 is 3. The Morgan fingerprint density at radius 2 is 1.67 bits per heavy atom. The van der Waals surface area contributed by atoms with E-state index in [2.05, 4.69) is 42.4 Å². The third-order valence-corrected chi connectivity index (χ3v) is 5.70. The monoisotopic (exact) mass is 576 g/mol. The largest absolute Gasteiger partial charge is 0.497 e. The summed E-state index contributed by atoms with van der Waals surface area (Å²) in [5.41, 5.74) is 4.57. The molecule has 0 fully saturated rings. The van der Waals surface area contributed by atoms with E-state index in [9.17, 15) is 4.79 Å². The van der Waals surface area contributed by atoms with Crippen LogP contribution in [-0.4, -0.2) is 33.5 Å². The lowest BCUT2D eigenvalue weighted by atomic mass is 10.2. The van der Waals surface area contributed by atoms with E-state index in [1.54, 1.807) is 38.5 Å². The first-order valence-electron chi connectivity index (χ1n) is 9.75. The fourth-order valence-corrected chi connectivity index (χ4v) is 3.74. The Hall–Kier alpha value is -3.04. The molecular formula is C24H22Br2N2O5. The molecule has 3 aromatic carbocycles. The first kappa shape index (κ1) is 24.6. The summed E-state index contributed by atoms with van der Waals surface area (Å²) in [6.07, 6.45) is 1.51. The van der Waals surface area contributed by atoms with Crippen molar-refractivity contribution in [1.82, 2.24) is 5.43 Å². The molecule has 0 spiro atoms. The van der Waals surface area contributed by atoms with Crippen LogP contribution in [-0.2, 0) is 6.61 Å². The van der Waals surface area contributed by atoms with Crippen LogP contribution in [0.3, 0.4) is 0 Å². The number of benzene rings is 3. The molecule has 0 aromatic heterocycles. The second-order valence-electron chi connectivity index (χ2n) is 6.71. The van der Waals surface area contributed by atoms with Crippen LogP contribution in [0.5, 0.6) is 23.0 Å². The van der Waals surface area contributed by atoms with Gasteiger partial charge < -0.3 is 18.9 Å². The number of halogens is 2. The van der Waals surface area contributed by atoms with Crippen molar-refractivity contribution < 1.29 is 23.7 Å². The fourth-order valence-electron chi connectivity index (χ4n) is 2.90. The number of hydrogen-bond acceptors (Lipinski definition) is 6. The van der Waals surface area contributed by atoms with Gasteiger partial charge in [0.25, 0.3) is 5.91 Å². The molecule has 0 unspecified atom stereocenters. The van der Waals surface area contributed by atoms with Gasteiger partial charge in [-0.15, -0.1) is 0 Å². The molecule has 0 saturated heterocycles. The first-order valence-corrected chi connectivity index (χ1v) is 11.3. The molecule has 0 aliphatic heterocycles. The van der Waals surface area contributed by atoms with Crippen LogP contribution in [0, 0.1) is 0 Å². The van der Waals surface area contributed by atoms with Gasteiger partial charge >= 0.3 is 0 Å². The summed E-state index contributed by atoms with van der Waals surface area (Å²) >= 11 is 6.95. The topological polar surface area (TPSA) is 78.4 Å². The second-order valence-corrected chi connectivity index (χ2v) is 8.48. The summed E-state index contributed by atoms with van der Waals surface area (Å²) < 4.78 is 23.6. The highest BCUT2D eigenvalue weighted by molar-refractivity contribution is 9.10. The first-order chi connectivity index (χ1) is 15.9. The number of hydrogen-bond donors (Lipinski definition) is 1. The van der Waals surface area contributed by atoms with Crippen molar-refractivity contribution >= 4 is 44.0 Å². The zero-order valence-corrected chi connectivity index (χ0v) is 21.4. The highest BCUT2D eigenvalue weighted by Crippen LogP contribution is 2.37. The SMILES string of the molecule is COc1ccc(C(=O)N/N=C\c2cc(Br)c(OCc3ccc(Br)cc3)c(OC)c2)c(OC)c1. The number of hydrazone groups is 1. The van der Waals surface area contributed by atoms with E-state index in [4.69, 9.17) is 18.9 Å². The molecule has 1 N–H and O–H groups in total. The highest BCUT2D eigenvalue weighted by atomic mass is 79.9. The zero-order chi connectivity index (χ0) is 23.8. The number of carbonyl (C=O) groups is 1. The molecule has 7 nitrogen and oxygen atoms in total. The molecule has 0 atom stereocenters. The van der Waals surface area contributed by atoms with Crippen LogP contribution in [0.25, 0.3) is 0 Å². The molecule has 172 valence electrons. The summed E-state index contributed by atoms with van der Waals surface area (Å²) in [6.45, 7) is 0.384. The molecule has 0 radical (unpaired) electrons. The van der Waals surface area contributed by atoms with Crippen molar-refractivity contribution in [3.63, 3.8) is 0 Å². The summed E-state index contributed by atoms with van der Waals surface area (Å²) in [5, 5.41) is 4.05. The van der Waals surface area contributed by atoms with Gasteiger partial charge in [-0.05, 0) is 63.5 Å². The summed E-state index contributed by atoms with van der Waals surface area (Å²) in [6, 6.07) is 16.4. The van der Waals surface area contributed by atoms with Crippen LogP contribution in [0.1, 0.15) is 21.5 Å². The molecular weight excluding hydrogens is 556 g/mol. The van der Waals surface area contributed by atoms with Gasteiger partial charge in [-0.2, -0.15) is 5.10 Å². The number of nitrogens with zero attached hydrogens (tertiary/aromatic N) is 1. The Morgan fingerprint density at radius 3 is 2.33 bits per heavy atom. The lowest BCUT2D eigenvalue weighted by molar-refractivity contribution is 0.0952. The summed E-state index contributed by atoms with van der Waals surface area (Å²) in [4.78, 5) is 12.5. The standard InChI is InChI=1S/C24H22Br2N2O5/c1-30-18-8-9-19(21(12-18)31-2)24(29)28-27-13-16-10-20(26)23(22(11-16)32-3)33-14-15-4-6-17(25)7-5-15/h4-13H,14H2,1-3H3,(H,28,29)/b27-13-. The number of carbonyl (C=O) groups excluding carboxylic acids is 1. The number of rotatable bonds is 9. The van der Waals surface area contributed by atoms with Gasteiger partial charge in [0.05, 0.1) is 37.6 Å². The van der Waals surface area contributed by atoms with Gasteiger partial charge in [0.15, 0.2) is 11.5 Å². The predicted octanol–water partition coefficient (Wildman–Crippen LogP) is 5.58. The third kappa shape index (κ3) is 6.49. The number of amides is 1. The van der Waals surface area contributed by atoms with Gasteiger partial charge in [-0.3, -0.25) is 4.79 Å². The zero-order valence-electron chi connectivity index (χ0n) is 18.2. The van der Waals surface area contributed by atoms with Crippen molar-refractivity contribution in [2.45, 2.75) is 6.61 Å². The summed E-state index contributed by atoms with van der Waals surface area (Å²) in [5.74, 6) is 1.67. The molecule has 3 rings (SSSR count). The molecule has 0 bridgehead atoms. The van der Waals surface area contributed by atoms with Gasteiger partial charge in [-0.25, -0.2) is 5.43 Å². The van der Waals surface area contributed by atoms with E-state index in [1.165, 1.54) is 13.3 Å². The number of ether oxygens (including phenoxy) is 4. The van der Waals surface area contributed by atoms with E-state index in [-0.39, 0.29) is 0 Å². The van der Waals surface area contributed by atoms with E-state index in [0.717, 1.165) is 10.0 Å². The minimum Gasteiger partial charge on any atom is -0.497 e. The average molecular weight is 578 g/mol. The van der Waals surface area contributed by atoms with Gasteiger partial charge in [0, 0.05) is 10.5 Å². The Labute approximate surface area is 209 Å². The molecule has 0 aliphatic rings. The lowest BCUT2D eigenvalue weighted by Gasteiger charge is -2.13. The Morgan fingerprint density at radius 1 is 0.939 bits per heavy atom. The van der Waals surface area contributed by atoms with E-state index in [1.807, 2.05) is 30.3 Å². The van der Waals surface area contributed by atoms with Crippen molar-refractivity contribution in [3.05, 3.63) is 80.2 Å². The molecule has 0 aliphatic carbocycles. The predicted molar refractivity (Wildman–Crippen MR) is 134 cm³/mol. The van der Waals surface area contributed by atoms with Crippen LogP contribution in [0.15, 0.2) is 68.6 Å². The maximum absolute atomic E-state index is 12.5. The fraction of sp³-hybridized carbons (Fsp3) is 0.167. The Kier molecular flexibility index (Phi) is 8.73. The molecule has 0 heterocycles. The maximum Gasteiger partial charge on any atom is 0.275 e. The van der Waals surface area contributed by atoms with Crippen molar-refractivity contribution in [2.75, 3.05) is 21.3 Å². The van der Waals surface area contributed by atoms with E-state index < -0.39 is 5.91 Å². The van der Waals surface area contributed by atoms with Crippen LogP contribution >= 0.6 is 31.9 Å². The van der Waals surface area contributed by atoms with Gasteiger partial charge in [0.1, 0.15) is 18.1 Å². The Balaban J connectivity index is 1.70. The maximum atomic E-state index is 12.5. The second kappa shape index (κ2) is 11.7.